The number of likely N-dealkylation sites (tertiary alicyclic amines) is 2. The molecule has 24 heavy (non-hydrogen) atoms. The van der Waals surface area contributed by atoms with E-state index in [1.165, 1.54) is 0 Å². The van der Waals surface area contributed by atoms with Crippen LogP contribution in [0.2, 0.25) is 0 Å². The van der Waals surface area contributed by atoms with Crippen molar-refractivity contribution in [2.24, 2.45) is 11.3 Å². The number of carbonyl (C=O) groups excluding carboxylic acids is 1. The molecule has 0 aromatic rings. The lowest BCUT2D eigenvalue weighted by atomic mass is 9.72. The van der Waals surface area contributed by atoms with E-state index in [-0.39, 0.29) is 5.41 Å². The highest BCUT2D eigenvalue weighted by atomic mass is 16.5. The van der Waals surface area contributed by atoms with Crippen LogP contribution in [0.4, 0.5) is 0 Å². The van der Waals surface area contributed by atoms with E-state index in [9.17, 15) is 4.79 Å². The number of carbonyl (C=O) groups is 1. The van der Waals surface area contributed by atoms with Gasteiger partial charge in [0, 0.05) is 44.6 Å². The summed E-state index contributed by atoms with van der Waals surface area (Å²) in [6.45, 7) is 14.1. The number of methoxy groups -OCH3 is 1. The summed E-state index contributed by atoms with van der Waals surface area (Å²) in [4.78, 5) is 18.2. The standard InChI is InChI=1S/C20H38N2O2/c1-16(2)6-7-19(23)20(9-12-22(13-10-20)17(3)4)15-21-11-8-18(14-21)24-5/h16-18H,6-15H2,1-5H3. The van der Waals surface area contributed by atoms with Gasteiger partial charge in [-0.25, -0.2) is 0 Å². The van der Waals surface area contributed by atoms with Crippen LogP contribution in [0.15, 0.2) is 0 Å². The topological polar surface area (TPSA) is 32.8 Å². The molecule has 0 amide bonds. The van der Waals surface area contributed by atoms with Crippen LogP contribution in [0.25, 0.3) is 0 Å². The van der Waals surface area contributed by atoms with Gasteiger partial charge >= 0.3 is 0 Å². The Balaban J connectivity index is 2.03. The molecular weight excluding hydrogens is 300 g/mol. The van der Waals surface area contributed by atoms with E-state index < -0.39 is 0 Å². The monoisotopic (exact) mass is 338 g/mol. The van der Waals surface area contributed by atoms with E-state index >= 15 is 0 Å². The highest BCUT2D eigenvalue weighted by Gasteiger charge is 2.43. The third kappa shape index (κ3) is 5.03. The van der Waals surface area contributed by atoms with Gasteiger partial charge in [0.15, 0.2) is 0 Å². The Bertz CT molecular complexity index is 400. The summed E-state index contributed by atoms with van der Waals surface area (Å²) < 4.78 is 5.52. The van der Waals surface area contributed by atoms with Crippen LogP contribution < -0.4 is 0 Å². The van der Waals surface area contributed by atoms with Crippen molar-refractivity contribution in [1.29, 1.82) is 0 Å². The predicted octanol–water partition coefficient (Wildman–Crippen LogP) is 3.20. The largest absolute Gasteiger partial charge is 0.380 e. The van der Waals surface area contributed by atoms with Crippen LogP contribution in [0.1, 0.15) is 59.8 Å². The highest BCUT2D eigenvalue weighted by Crippen LogP contribution is 2.37. The number of ketones is 1. The Morgan fingerprint density at radius 3 is 2.33 bits per heavy atom. The number of hydrogen-bond donors (Lipinski definition) is 0. The van der Waals surface area contributed by atoms with Crippen molar-refractivity contribution in [3.05, 3.63) is 0 Å². The molecule has 0 saturated carbocycles. The molecule has 4 heteroatoms. The van der Waals surface area contributed by atoms with Gasteiger partial charge in [-0.15, -0.1) is 0 Å². The molecule has 0 aliphatic carbocycles. The maximum Gasteiger partial charge on any atom is 0.140 e. The van der Waals surface area contributed by atoms with Crippen LogP contribution in [-0.2, 0) is 9.53 Å². The van der Waals surface area contributed by atoms with Gasteiger partial charge in [0.1, 0.15) is 5.78 Å². The second-order valence-electron chi connectivity index (χ2n) is 8.65. The third-order valence-corrected chi connectivity index (χ3v) is 6.11. The van der Waals surface area contributed by atoms with E-state index in [0.29, 0.717) is 23.8 Å². The molecule has 2 aliphatic rings. The van der Waals surface area contributed by atoms with E-state index in [4.69, 9.17) is 4.74 Å². The normalized spacial score (nSPS) is 25.7. The zero-order valence-electron chi connectivity index (χ0n) is 16.5. The lowest BCUT2D eigenvalue weighted by molar-refractivity contribution is -0.133. The predicted molar refractivity (Wildman–Crippen MR) is 99.3 cm³/mol. The van der Waals surface area contributed by atoms with Crippen molar-refractivity contribution in [2.75, 3.05) is 39.8 Å². The second-order valence-corrected chi connectivity index (χ2v) is 8.65. The number of ether oxygens (including phenoxy) is 1. The summed E-state index contributed by atoms with van der Waals surface area (Å²) in [6, 6.07) is 0.582. The van der Waals surface area contributed by atoms with Gasteiger partial charge in [-0.2, -0.15) is 0 Å². The molecule has 0 N–H and O–H groups in total. The summed E-state index contributed by atoms with van der Waals surface area (Å²) in [6.07, 6.45) is 5.27. The van der Waals surface area contributed by atoms with Crippen LogP contribution in [0, 0.1) is 11.3 Å². The van der Waals surface area contributed by atoms with Crippen LogP contribution in [-0.4, -0.2) is 67.6 Å². The number of nitrogens with zero attached hydrogens (tertiary/aromatic N) is 2. The molecular formula is C20H38N2O2. The minimum absolute atomic E-state index is 0.122. The highest BCUT2D eigenvalue weighted by molar-refractivity contribution is 5.85. The molecule has 0 aromatic heterocycles. The number of piperidine rings is 1. The molecule has 140 valence electrons. The van der Waals surface area contributed by atoms with Crippen LogP contribution in [0.5, 0.6) is 0 Å². The van der Waals surface area contributed by atoms with Crippen molar-refractivity contribution >= 4 is 5.78 Å². The van der Waals surface area contributed by atoms with Gasteiger partial charge in [-0.05, 0) is 58.5 Å². The van der Waals surface area contributed by atoms with Crippen LogP contribution >= 0.6 is 0 Å². The number of hydrogen-bond acceptors (Lipinski definition) is 4. The van der Waals surface area contributed by atoms with E-state index in [2.05, 4.69) is 37.5 Å². The van der Waals surface area contributed by atoms with Crippen molar-refractivity contribution in [3.63, 3.8) is 0 Å². The first-order valence-corrected chi connectivity index (χ1v) is 9.89. The summed E-state index contributed by atoms with van der Waals surface area (Å²) >= 11 is 0. The lowest BCUT2D eigenvalue weighted by Crippen LogP contribution is -2.51. The Morgan fingerprint density at radius 1 is 1.17 bits per heavy atom. The molecule has 2 fully saturated rings. The lowest BCUT2D eigenvalue weighted by Gasteiger charge is -2.44. The molecule has 1 atom stereocenters. The average Bonchev–Trinajstić information content (AvgIpc) is 3.00. The first kappa shape index (κ1) is 19.9. The van der Waals surface area contributed by atoms with E-state index in [0.717, 1.165) is 64.8 Å². The fourth-order valence-corrected chi connectivity index (χ4v) is 4.24. The van der Waals surface area contributed by atoms with Gasteiger partial charge in [-0.1, -0.05) is 13.8 Å². The summed E-state index contributed by atoms with van der Waals surface area (Å²) in [5.41, 5.74) is -0.122. The molecule has 4 nitrogen and oxygen atoms in total. The summed E-state index contributed by atoms with van der Waals surface area (Å²) in [5.74, 6) is 1.12. The Morgan fingerprint density at radius 2 is 1.83 bits per heavy atom. The van der Waals surface area contributed by atoms with Crippen LogP contribution in [0.3, 0.4) is 0 Å². The zero-order valence-corrected chi connectivity index (χ0v) is 16.5. The summed E-state index contributed by atoms with van der Waals surface area (Å²) in [5, 5.41) is 0. The van der Waals surface area contributed by atoms with Crippen molar-refractivity contribution in [3.8, 4) is 0 Å². The minimum Gasteiger partial charge on any atom is -0.380 e. The summed E-state index contributed by atoms with van der Waals surface area (Å²) in [7, 11) is 1.80. The van der Waals surface area contributed by atoms with E-state index in [1.54, 1.807) is 7.11 Å². The molecule has 2 saturated heterocycles. The molecule has 2 rings (SSSR count). The molecule has 0 radical (unpaired) electrons. The molecule has 1 unspecified atom stereocenters. The first-order chi connectivity index (χ1) is 11.4. The minimum atomic E-state index is -0.122. The second kappa shape index (κ2) is 8.77. The third-order valence-electron chi connectivity index (χ3n) is 6.11. The maximum atomic E-state index is 13.2. The molecule has 0 spiro atoms. The Labute approximate surface area is 148 Å². The van der Waals surface area contributed by atoms with Crippen molar-refractivity contribution < 1.29 is 9.53 Å². The first-order valence-electron chi connectivity index (χ1n) is 9.89. The molecule has 0 bridgehead atoms. The fourth-order valence-electron chi connectivity index (χ4n) is 4.24. The quantitative estimate of drug-likeness (QED) is 0.680. The fraction of sp³-hybridized carbons (Fsp3) is 0.950. The van der Waals surface area contributed by atoms with Gasteiger partial charge in [0.05, 0.1) is 6.10 Å². The van der Waals surface area contributed by atoms with Crippen molar-refractivity contribution in [2.45, 2.75) is 71.9 Å². The Kier molecular flexibility index (Phi) is 7.26. The molecule has 0 aromatic carbocycles. The smallest absolute Gasteiger partial charge is 0.140 e. The number of rotatable bonds is 8. The number of Topliss-reactive ketones (excluding diaryl/α,β-unsaturated/α-hetero) is 1. The average molecular weight is 339 g/mol. The van der Waals surface area contributed by atoms with Gasteiger partial charge in [-0.3, -0.25) is 9.69 Å². The maximum absolute atomic E-state index is 13.2. The van der Waals surface area contributed by atoms with Crippen molar-refractivity contribution in [1.82, 2.24) is 9.80 Å². The van der Waals surface area contributed by atoms with Gasteiger partial charge in [0.2, 0.25) is 0 Å². The molecule has 2 heterocycles. The van der Waals surface area contributed by atoms with E-state index in [1.807, 2.05) is 0 Å². The molecule has 2 aliphatic heterocycles. The Hall–Kier alpha value is -0.450. The van der Waals surface area contributed by atoms with Gasteiger partial charge < -0.3 is 9.64 Å². The zero-order chi connectivity index (χ0) is 17.7. The SMILES string of the molecule is COC1CCN(CC2(C(=O)CCC(C)C)CCN(C(C)C)CC2)C1. The van der Waals surface area contributed by atoms with Gasteiger partial charge in [0.25, 0.3) is 0 Å².